The van der Waals surface area contributed by atoms with E-state index in [-0.39, 0.29) is 12.1 Å². The van der Waals surface area contributed by atoms with E-state index in [1.54, 1.807) is 10.7 Å². The number of ether oxygens (including phenoxy) is 2. The van der Waals surface area contributed by atoms with Gasteiger partial charge in [-0.15, -0.1) is 0 Å². The van der Waals surface area contributed by atoms with Crippen molar-refractivity contribution in [3.63, 3.8) is 0 Å². The molecule has 2 aliphatic heterocycles. The van der Waals surface area contributed by atoms with Crippen LogP contribution in [0.25, 0.3) is 5.69 Å². The number of nitriles is 1. The molecule has 0 bridgehead atoms. The van der Waals surface area contributed by atoms with Crippen molar-refractivity contribution < 1.29 is 14.3 Å². The molecule has 0 spiro atoms. The third kappa shape index (κ3) is 3.72. The minimum Gasteiger partial charge on any atom is -0.457 e. The van der Waals surface area contributed by atoms with Gasteiger partial charge in [0.1, 0.15) is 6.61 Å². The molecule has 156 valence electrons. The minimum atomic E-state index is -0.242. The second-order valence-electron chi connectivity index (χ2n) is 7.93. The highest BCUT2D eigenvalue weighted by molar-refractivity contribution is 5.93. The first-order chi connectivity index (χ1) is 15.1. The highest BCUT2D eigenvalue weighted by Crippen LogP contribution is 2.32. The molecule has 0 unspecified atom stereocenters. The average Bonchev–Trinajstić information content (AvgIpc) is 3.42. The maximum atomic E-state index is 11.8. The number of carbonyl (C=O) groups excluding carboxylic acids is 1. The summed E-state index contributed by atoms with van der Waals surface area (Å²) in [6.07, 6.45) is 3.83. The minimum absolute atomic E-state index is 0.0443. The van der Waals surface area contributed by atoms with Crippen LogP contribution < -0.4 is 0 Å². The SMILES string of the molecule is Cc1c([C@@H]2CN(Cc3cnn(-c4cccc(C#N)c4)c3)CCO2)ccc2c1COC2=O. The number of rotatable bonds is 4. The number of fused-ring (bicyclic) bond motifs is 1. The Morgan fingerprint density at radius 3 is 3.06 bits per heavy atom. The molecule has 5 rings (SSSR count). The van der Waals surface area contributed by atoms with Crippen molar-refractivity contribution in [1.82, 2.24) is 14.7 Å². The van der Waals surface area contributed by atoms with Crippen molar-refractivity contribution in [2.24, 2.45) is 0 Å². The fraction of sp³-hybridized carbons (Fsp3) is 0.292. The first-order valence-corrected chi connectivity index (χ1v) is 10.3. The van der Waals surface area contributed by atoms with Crippen LogP contribution in [0.3, 0.4) is 0 Å². The molecule has 31 heavy (non-hydrogen) atoms. The number of esters is 1. The molecule has 0 aliphatic carbocycles. The van der Waals surface area contributed by atoms with E-state index >= 15 is 0 Å². The van der Waals surface area contributed by atoms with Crippen LogP contribution in [0.1, 0.15) is 44.3 Å². The molecule has 1 fully saturated rings. The van der Waals surface area contributed by atoms with E-state index < -0.39 is 0 Å². The van der Waals surface area contributed by atoms with E-state index in [9.17, 15) is 4.79 Å². The predicted molar refractivity (Wildman–Crippen MR) is 113 cm³/mol. The molecule has 7 heteroatoms. The Hall–Kier alpha value is -3.47. The normalized spacial score (nSPS) is 18.5. The Labute approximate surface area is 180 Å². The summed E-state index contributed by atoms with van der Waals surface area (Å²) in [4.78, 5) is 14.2. The van der Waals surface area contributed by atoms with Gasteiger partial charge >= 0.3 is 5.97 Å². The third-order valence-corrected chi connectivity index (χ3v) is 5.99. The summed E-state index contributed by atoms with van der Waals surface area (Å²) >= 11 is 0. The highest BCUT2D eigenvalue weighted by Gasteiger charge is 2.29. The summed E-state index contributed by atoms with van der Waals surface area (Å²) in [7, 11) is 0. The summed E-state index contributed by atoms with van der Waals surface area (Å²) in [5, 5.41) is 13.6. The van der Waals surface area contributed by atoms with Gasteiger partial charge in [0.25, 0.3) is 0 Å². The Balaban J connectivity index is 1.30. The molecule has 7 nitrogen and oxygen atoms in total. The van der Waals surface area contributed by atoms with Crippen molar-refractivity contribution in [2.45, 2.75) is 26.2 Å². The summed E-state index contributed by atoms with van der Waals surface area (Å²) < 4.78 is 13.1. The van der Waals surface area contributed by atoms with Crippen LogP contribution in [0.2, 0.25) is 0 Å². The van der Waals surface area contributed by atoms with Gasteiger partial charge in [-0.3, -0.25) is 4.90 Å². The molecule has 0 N–H and O–H groups in total. The van der Waals surface area contributed by atoms with Crippen LogP contribution in [-0.4, -0.2) is 40.3 Å². The number of benzene rings is 2. The molecule has 1 saturated heterocycles. The summed E-state index contributed by atoms with van der Waals surface area (Å²) in [5.41, 5.74) is 6.43. The van der Waals surface area contributed by atoms with E-state index in [1.165, 1.54) is 0 Å². The number of aromatic nitrogens is 2. The van der Waals surface area contributed by atoms with Crippen LogP contribution in [0.15, 0.2) is 48.8 Å². The maximum Gasteiger partial charge on any atom is 0.338 e. The molecule has 1 aromatic heterocycles. The van der Waals surface area contributed by atoms with Crippen LogP contribution in [-0.2, 0) is 22.6 Å². The number of carbonyl (C=O) groups is 1. The van der Waals surface area contributed by atoms with Gasteiger partial charge in [0.15, 0.2) is 0 Å². The van der Waals surface area contributed by atoms with Gasteiger partial charge in [-0.25, -0.2) is 9.48 Å². The first-order valence-electron chi connectivity index (χ1n) is 10.3. The standard InChI is InChI=1S/C24H22N4O3/c1-16-20(5-6-21-22(16)15-31-24(21)29)23-14-27(7-8-30-23)12-18-11-26-28(13-18)19-4-2-3-17(9-19)10-25/h2-6,9,11,13,23H,7-8,12,14-15H2,1H3/t23-/m0/s1. The second-order valence-corrected chi connectivity index (χ2v) is 7.93. The fourth-order valence-corrected chi connectivity index (χ4v) is 4.31. The van der Waals surface area contributed by atoms with E-state index in [2.05, 4.69) is 16.1 Å². The number of cyclic esters (lactones) is 1. The zero-order valence-electron chi connectivity index (χ0n) is 17.2. The first kappa shape index (κ1) is 19.5. The molecule has 3 aromatic rings. The Kier molecular flexibility index (Phi) is 5.02. The monoisotopic (exact) mass is 414 g/mol. The molecule has 0 saturated carbocycles. The van der Waals surface area contributed by atoms with Crippen molar-refractivity contribution in [1.29, 1.82) is 5.26 Å². The molecule has 0 radical (unpaired) electrons. The zero-order valence-corrected chi connectivity index (χ0v) is 17.2. The molecule has 2 aromatic carbocycles. The third-order valence-electron chi connectivity index (χ3n) is 5.99. The van der Waals surface area contributed by atoms with Gasteiger partial charge < -0.3 is 9.47 Å². The lowest BCUT2D eigenvalue weighted by atomic mass is 9.94. The van der Waals surface area contributed by atoms with E-state index in [4.69, 9.17) is 14.7 Å². The largest absolute Gasteiger partial charge is 0.457 e. The van der Waals surface area contributed by atoms with Crippen LogP contribution in [0.5, 0.6) is 0 Å². The van der Waals surface area contributed by atoms with Gasteiger partial charge in [-0.1, -0.05) is 12.1 Å². The fourth-order valence-electron chi connectivity index (χ4n) is 4.31. The van der Waals surface area contributed by atoms with Gasteiger partial charge in [0.05, 0.1) is 41.8 Å². The number of nitrogens with zero attached hydrogens (tertiary/aromatic N) is 4. The van der Waals surface area contributed by atoms with Gasteiger partial charge in [-0.05, 0) is 42.3 Å². The molecule has 0 amide bonds. The van der Waals surface area contributed by atoms with E-state index in [0.717, 1.165) is 47.6 Å². The molecular formula is C24H22N4O3. The smallest absolute Gasteiger partial charge is 0.338 e. The zero-order chi connectivity index (χ0) is 21.4. The highest BCUT2D eigenvalue weighted by atomic mass is 16.5. The van der Waals surface area contributed by atoms with Crippen LogP contribution in [0, 0.1) is 18.3 Å². The second kappa shape index (κ2) is 7.99. The lowest BCUT2D eigenvalue weighted by Gasteiger charge is -2.33. The van der Waals surface area contributed by atoms with Crippen molar-refractivity contribution in [3.8, 4) is 11.8 Å². The topological polar surface area (TPSA) is 80.4 Å². The van der Waals surface area contributed by atoms with Crippen molar-refractivity contribution >= 4 is 5.97 Å². The Morgan fingerprint density at radius 2 is 2.19 bits per heavy atom. The van der Waals surface area contributed by atoms with E-state index in [1.807, 2.05) is 49.6 Å². The predicted octanol–water partition coefficient (Wildman–Crippen LogP) is 3.30. The summed E-state index contributed by atoms with van der Waals surface area (Å²) in [6.45, 7) is 5.41. The number of hydrogen-bond acceptors (Lipinski definition) is 6. The molecule has 2 aliphatic rings. The van der Waals surface area contributed by atoms with E-state index in [0.29, 0.717) is 24.3 Å². The lowest BCUT2D eigenvalue weighted by Crippen LogP contribution is -2.38. The quantitative estimate of drug-likeness (QED) is 0.610. The summed E-state index contributed by atoms with van der Waals surface area (Å²) in [5.74, 6) is -0.242. The number of hydrogen-bond donors (Lipinski definition) is 0. The molecule has 3 heterocycles. The van der Waals surface area contributed by atoms with Gasteiger partial charge in [0.2, 0.25) is 0 Å². The Bertz CT molecular complexity index is 1190. The average molecular weight is 414 g/mol. The lowest BCUT2D eigenvalue weighted by molar-refractivity contribution is -0.0332. The summed E-state index contributed by atoms with van der Waals surface area (Å²) in [6, 6.07) is 13.4. The van der Waals surface area contributed by atoms with Gasteiger partial charge in [0, 0.05) is 37.0 Å². The molecular weight excluding hydrogens is 392 g/mol. The van der Waals surface area contributed by atoms with Gasteiger partial charge in [-0.2, -0.15) is 10.4 Å². The maximum absolute atomic E-state index is 11.8. The Morgan fingerprint density at radius 1 is 1.29 bits per heavy atom. The van der Waals surface area contributed by atoms with Crippen LogP contribution >= 0.6 is 0 Å². The van der Waals surface area contributed by atoms with Crippen molar-refractivity contribution in [2.75, 3.05) is 19.7 Å². The van der Waals surface area contributed by atoms with Crippen LogP contribution in [0.4, 0.5) is 0 Å². The number of morpholine rings is 1. The van der Waals surface area contributed by atoms with Crippen molar-refractivity contribution in [3.05, 3.63) is 82.2 Å². The molecule has 1 atom stereocenters.